The summed E-state index contributed by atoms with van der Waals surface area (Å²) in [4.78, 5) is 0. The van der Waals surface area contributed by atoms with Crippen molar-refractivity contribution < 1.29 is 0 Å². The van der Waals surface area contributed by atoms with Gasteiger partial charge in [-0.05, 0) is 12.0 Å². The molecule has 0 rings (SSSR count). The van der Waals surface area contributed by atoms with E-state index in [1.807, 2.05) is 30.4 Å². The third-order valence-electron chi connectivity index (χ3n) is 1.12. The maximum atomic E-state index is 3.73. The van der Waals surface area contributed by atoms with Crippen molar-refractivity contribution in [3.05, 3.63) is 61.8 Å². The molecule has 0 saturated heterocycles. The lowest BCUT2D eigenvalue weighted by molar-refractivity contribution is 1.41. The summed E-state index contributed by atoms with van der Waals surface area (Å²) in [6, 6.07) is 0. The van der Waals surface area contributed by atoms with E-state index in [1.54, 1.807) is 6.08 Å². The van der Waals surface area contributed by atoms with Crippen LogP contribution in [0.4, 0.5) is 0 Å². The van der Waals surface area contributed by atoms with Crippen LogP contribution in [0.25, 0.3) is 0 Å². The molecule has 0 N–H and O–H groups in total. The maximum Gasteiger partial charge on any atom is -0.0169 e. The monoisotopic (exact) mass is 146 g/mol. The van der Waals surface area contributed by atoms with Gasteiger partial charge in [0.2, 0.25) is 0 Å². The smallest absolute Gasteiger partial charge is 0.0169 e. The molecule has 0 unspecified atom stereocenters. The van der Waals surface area contributed by atoms with E-state index in [0.29, 0.717) is 0 Å². The van der Waals surface area contributed by atoms with E-state index in [1.165, 1.54) is 0 Å². The highest BCUT2D eigenvalue weighted by molar-refractivity contribution is 5.27. The molecule has 58 valence electrons. The van der Waals surface area contributed by atoms with Crippen molar-refractivity contribution in [2.45, 2.75) is 6.42 Å². The van der Waals surface area contributed by atoms with E-state index >= 15 is 0 Å². The van der Waals surface area contributed by atoms with Gasteiger partial charge in [-0.25, -0.2) is 0 Å². The molecule has 0 aromatic rings. The summed E-state index contributed by atoms with van der Waals surface area (Å²) in [5.41, 5.74) is 0.924. The number of hydrogen-bond acceptors (Lipinski definition) is 0. The zero-order valence-electron chi connectivity index (χ0n) is 6.79. The highest BCUT2D eigenvalue weighted by Gasteiger charge is 1.72. The van der Waals surface area contributed by atoms with Crippen LogP contribution in [0.5, 0.6) is 0 Å². The number of allylic oxidation sites excluding steroid dienone is 7. The topological polar surface area (TPSA) is 0 Å². The molecule has 0 aromatic carbocycles. The SMILES string of the molecule is C=CC/C=C/C=C/C(=C)C=C. The molecule has 0 spiro atoms. The van der Waals surface area contributed by atoms with Gasteiger partial charge in [-0.2, -0.15) is 0 Å². The highest BCUT2D eigenvalue weighted by atomic mass is 13.8. The Balaban J connectivity index is 3.67. The van der Waals surface area contributed by atoms with Gasteiger partial charge >= 0.3 is 0 Å². The van der Waals surface area contributed by atoms with Crippen LogP contribution in [0.3, 0.4) is 0 Å². The van der Waals surface area contributed by atoms with Crippen LogP contribution in [-0.4, -0.2) is 0 Å². The van der Waals surface area contributed by atoms with Crippen molar-refractivity contribution in [2.75, 3.05) is 0 Å². The molecule has 0 saturated carbocycles. The van der Waals surface area contributed by atoms with E-state index in [-0.39, 0.29) is 0 Å². The fourth-order valence-electron chi connectivity index (χ4n) is 0.501. The van der Waals surface area contributed by atoms with Crippen molar-refractivity contribution in [3.8, 4) is 0 Å². The van der Waals surface area contributed by atoms with E-state index in [2.05, 4.69) is 19.7 Å². The molecule has 0 aliphatic heterocycles. The quantitative estimate of drug-likeness (QED) is 0.412. The lowest BCUT2D eigenvalue weighted by Crippen LogP contribution is -1.61. The van der Waals surface area contributed by atoms with Gasteiger partial charge in [0.15, 0.2) is 0 Å². The first-order chi connectivity index (χ1) is 5.31. The second-order valence-corrected chi connectivity index (χ2v) is 2.09. The van der Waals surface area contributed by atoms with Crippen molar-refractivity contribution in [1.82, 2.24) is 0 Å². The summed E-state index contributed by atoms with van der Waals surface area (Å²) in [6.07, 6.45) is 12.3. The van der Waals surface area contributed by atoms with Gasteiger partial charge < -0.3 is 0 Å². The van der Waals surface area contributed by atoms with Gasteiger partial charge in [0.25, 0.3) is 0 Å². The standard InChI is InChI=1S/C11H14/c1-4-6-7-8-9-10-11(3)5-2/h4-5,7-10H,1-3,6H2/b8-7+,10-9+. The number of rotatable bonds is 5. The van der Waals surface area contributed by atoms with Crippen LogP contribution in [0.15, 0.2) is 61.8 Å². The maximum absolute atomic E-state index is 3.73. The fourth-order valence-corrected chi connectivity index (χ4v) is 0.501. The molecule has 0 nitrogen and oxygen atoms in total. The number of hydrogen-bond donors (Lipinski definition) is 0. The van der Waals surface area contributed by atoms with Crippen molar-refractivity contribution >= 4 is 0 Å². The molecule has 0 atom stereocenters. The average molecular weight is 146 g/mol. The van der Waals surface area contributed by atoms with Gasteiger partial charge in [0.05, 0.1) is 0 Å². The minimum atomic E-state index is 0.908. The van der Waals surface area contributed by atoms with Gasteiger partial charge in [-0.1, -0.05) is 49.6 Å². The van der Waals surface area contributed by atoms with Crippen LogP contribution < -0.4 is 0 Å². The lowest BCUT2D eigenvalue weighted by atomic mass is 10.2. The molecule has 0 aromatic heterocycles. The van der Waals surface area contributed by atoms with Gasteiger partial charge in [0, 0.05) is 0 Å². The first-order valence-electron chi connectivity index (χ1n) is 3.56. The summed E-state index contributed by atoms with van der Waals surface area (Å²) in [6.45, 7) is 10.9. The summed E-state index contributed by atoms with van der Waals surface area (Å²) < 4.78 is 0. The summed E-state index contributed by atoms with van der Waals surface area (Å²) >= 11 is 0. The molecule has 0 aliphatic carbocycles. The molecule has 0 heteroatoms. The Hall–Kier alpha value is -1.30. The van der Waals surface area contributed by atoms with E-state index in [0.717, 1.165) is 12.0 Å². The summed E-state index contributed by atoms with van der Waals surface area (Å²) in [5.74, 6) is 0. The minimum absolute atomic E-state index is 0.908. The van der Waals surface area contributed by atoms with Crippen LogP contribution in [0.2, 0.25) is 0 Å². The Morgan fingerprint density at radius 1 is 1.18 bits per heavy atom. The zero-order valence-corrected chi connectivity index (χ0v) is 6.79. The Kier molecular flexibility index (Phi) is 6.01. The van der Waals surface area contributed by atoms with Gasteiger partial charge in [0.1, 0.15) is 0 Å². The normalized spacial score (nSPS) is 10.5. The third kappa shape index (κ3) is 6.59. The van der Waals surface area contributed by atoms with Crippen LogP contribution in [-0.2, 0) is 0 Å². The largest absolute Gasteiger partial charge is 0.103 e. The highest BCUT2D eigenvalue weighted by Crippen LogP contribution is 1.93. The molecule has 0 heterocycles. The van der Waals surface area contributed by atoms with Crippen LogP contribution >= 0.6 is 0 Å². The van der Waals surface area contributed by atoms with Gasteiger partial charge in [-0.3, -0.25) is 0 Å². The van der Waals surface area contributed by atoms with Crippen molar-refractivity contribution in [3.63, 3.8) is 0 Å². The van der Waals surface area contributed by atoms with Gasteiger partial charge in [-0.15, -0.1) is 6.58 Å². The van der Waals surface area contributed by atoms with Crippen molar-refractivity contribution in [2.24, 2.45) is 0 Å². The van der Waals surface area contributed by atoms with E-state index in [4.69, 9.17) is 0 Å². The summed E-state index contributed by atoms with van der Waals surface area (Å²) in [5, 5.41) is 0. The Bertz CT molecular complexity index is 192. The molecule has 0 fully saturated rings. The second-order valence-electron chi connectivity index (χ2n) is 2.09. The molecular weight excluding hydrogens is 132 g/mol. The predicted molar refractivity (Wildman–Crippen MR) is 52.4 cm³/mol. The molecule has 0 bridgehead atoms. The molecule has 0 aliphatic rings. The van der Waals surface area contributed by atoms with E-state index < -0.39 is 0 Å². The fraction of sp³-hybridized carbons (Fsp3) is 0.0909. The molecular formula is C11H14. The van der Waals surface area contributed by atoms with Crippen LogP contribution in [0, 0.1) is 0 Å². The first-order valence-corrected chi connectivity index (χ1v) is 3.56. The minimum Gasteiger partial charge on any atom is -0.103 e. The van der Waals surface area contributed by atoms with Crippen molar-refractivity contribution in [1.29, 1.82) is 0 Å². The molecule has 11 heavy (non-hydrogen) atoms. The van der Waals surface area contributed by atoms with E-state index in [9.17, 15) is 0 Å². The first kappa shape index (κ1) is 9.70. The Morgan fingerprint density at radius 3 is 2.45 bits per heavy atom. The Morgan fingerprint density at radius 2 is 1.91 bits per heavy atom. The predicted octanol–water partition coefficient (Wildman–Crippen LogP) is 3.42. The second kappa shape index (κ2) is 6.81. The summed E-state index contributed by atoms with van der Waals surface area (Å²) in [7, 11) is 0. The average Bonchev–Trinajstić information content (AvgIpc) is 2.04. The lowest BCUT2D eigenvalue weighted by Gasteiger charge is -1.82. The van der Waals surface area contributed by atoms with Crippen LogP contribution in [0.1, 0.15) is 6.42 Å². The zero-order chi connectivity index (χ0) is 8.53. The molecule has 0 amide bonds. The Labute approximate surface area is 68.9 Å². The third-order valence-corrected chi connectivity index (χ3v) is 1.12. The molecule has 0 radical (unpaired) electrons.